The molecule has 1 amide bonds. The van der Waals surface area contributed by atoms with Crippen molar-refractivity contribution in [3.8, 4) is 17.2 Å². The van der Waals surface area contributed by atoms with E-state index in [2.05, 4.69) is 5.32 Å². The van der Waals surface area contributed by atoms with Crippen molar-refractivity contribution in [1.82, 2.24) is 4.90 Å². The minimum atomic E-state index is -0.454. The van der Waals surface area contributed by atoms with Gasteiger partial charge in [-0.25, -0.2) is 0 Å². The van der Waals surface area contributed by atoms with E-state index in [1.54, 1.807) is 7.11 Å². The zero-order valence-electron chi connectivity index (χ0n) is 15.2. The highest BCUT2D eigenvalue weighted by atomic mass is 16.7. The number of carbonyl (C=O) groups excluding carboxylic acids is 1. The summed E-state index contributed by atoms with van der Waals surface area (Å²) < 4.78 is 16.7. The number of hydrogen-bond donors (Lipinski definition) is 1. The number of aryl methyl sites for hydroxylation is 1. The van der Waals surface area contributed by atoms with Crippen molar-refractivity contribution in [2.24, 2.45) is 0 Å². The van der Waals surface area contributed by atoms with Gasteiger partial charge in [0.25, 0.3) is 0 Å². The summed E-state index contributed by atoms with van der Waals surface area (Å²) >= 11 is 0. The van der Waals surface area contributed by atoms with E-state index in [0.29, 0.717) is 17.2 Å². The third-order valence-electron chi connectivity index (χ3n) is 4.96. The van der Waals surface area contributed by atoms with E-state index in [1.165, 1.54) is 0 Å². The van der Waals surface area contributed by atoms with Crippen LogP contribution in [0.5, 0.6) is 17.2 Å². The molecule has 1 atom stereocenters. The maximum Gasteiger partial charge on any atom is 0.246 e. The first-order valence-electron chi connectivity index (χ1n) is 8.65. The maximum atomic E-state index is 13.1. The number of fused-ring (bicyclic) bond motifs is 2. The molecule has 0 unspecified atom stereocenters. The minimum absolute atomic E-state index is 0.0885. The highest BCUT2D eigenvalue weighted by molar-refractivity contribution is 5.96. The van der Waals surface area contributed by atoms with Crippen molar-refractivity contribution < 1.29 is 19.0 Å². The van der Waals surface area contributed by atoms with Crippen molar-refractivity contribution in [3.05, 3.63) is 47.0 Å². The van der Waals surface area contributed by atoms with Gasteiger partial charge in [0.1, 0.15) is 6.04 Å². The van der Waals surface area contributed by atoms with Crippen molar-refractivity contribution in [1.29, 1.82) is 0 Å². The number of benzene rings is 2. The van der Waals surface area contributed by atoms with Gasteiger partial charge in [-0.2, -0.15) is 0 Å². The lowest BCUT2D eigenvalue weighted by molar-refractivity contribution is -0.121. The summed E-state index contributed by atoms with van der Waals surface area (Å²) in [5, 5.41) is 3.02. The number of nitrogens with zero attached hydrogens (tertiary/aromatic N) is 1. The van der Waals surface area contributed by atoms with E-state index in [0.717, 1.165) is 35.3 Å². The Morgan fingerprint density at radius 3 is 2.77 bits per heavy atom. The van der Waals surface area contributed by atoms with Crippen LogP contribution in [0.4, 0.5) is 5.69 Å². The summed E-state index contributed by atoms with van der Waals surface area (Å²) in [6.45, 7) is 2.97. The Labute approximate surface area is 152 Å². The van der Waals surface area contributed by atoms with E-state index < -0.39 is 6.04 Å². The summed E-state index contributed by atoms with van der Waals surface area (Å²) in [4.78, 5) is 15.2. The number of ether oxygens (including phenoxy) is 3. The Kier molecular flexibility index (Phi) is 4.20. The molecule has 0 bridgehead atoms. The first kappa shape index (κ1) is 16.7. The van der Waals surface area contributed by atoms with E-state index in [9.17, 15) is 4.79 Å². The third kappa shape index (κ3) is 2.76. The summed E-state index contributed by atoms with van der Waals surface area (Å²) in [5.74, 6) is 1.76. The van der Waals surface area contributed by atoms with E-state index in [1.807, 2.05) is 49.2 Å². The van der Waals surface area contributed by atoms with Crippen LogP contribution in [0.1, 0.15) is 22.7 Å². The van der Waals surface area contributed by atoms with Gasteiger partial charge in [-0.1, -0.05) is 17.7 Å². The van der Waals surface area contributed by atoms with Crippen molar-refractivity contribution in [2.75, 3.05) is 32.8 Å². The van der Waals surface area contributed by atoms with Gasteiger partial charge in [0.15, 0.2) is 11.5 Å². The normalized spacial score (nSPS) is 18.3. The van der Waals surface area contributed by atoms with Crippen molar-refractivity contribution >= 4 is 11.6 Å². The molecule has 2 aliphatic heterocycles. The number of methoxy groups -OCH3 is 1. The van der Waals surface area contributed by atoms with E-state index in [-0.39, 0.29) is 12.7 Å². The van der Waals surface area contributed by atoms with Crippen LogP contribution in [0.15, 0.2) is 30.3 Å². The predicted octanol–water partition coefficient (Wildman–Crippen LogP) is 2.90. The fourth-order valence-corrected chi connectivity index (χ4v) is 3.61. The topological polar surface area (TPSA) is 60.0 Å². The minimum Gasteiger partial charge on any atom is -0.492 e. The Balaban J connectivity index is 1.73. The molecule has 0 aromatic heterocycles. The van der Waals surface area contributed by atoms with Gasteiger partial charge in [-0.15, -0.1) is 0 Å². The lowest BCUT2D eigenvalue weighted by atomic mass is 9.90. The molecule has 0 saturated heterocycles. The Morgan fingerprint density at radius 1 is 1.27 bits per heavy atom. The summed E-state index contributed by atoms with van der Waals surface area (Å²) in [5.41, 5.74) is 3.85. The molecule has 0 spiro atoms. The standard InChI is InChI=1S/C20H22N2O4/c1-12-4-6-14(7-5-12)21-20(23)17-16-13(8-9-22(17)2)10-15-18(19(16)24-3)26-11-25-15/h4-7,10,17H,8-9,11H2,1-3H3,(H,21,23)/t17-/m1/s1. The Hall–Kier alpha value is -2.73. The monoisotopic (exact) mass is 354 g/mol. The van der Waals surface area contributed by atoms with Crippen LogP contribution in [0.3, 0.4) is 0 Å². The molecule has 2 heterocycles. The summed E-state index contributed by atoms with van der Waals surface area (Å²) in [7, 11) is 3.55. The third-order valence-corrected chi connectivity index (χ3v) is 4.96. The number of hydrogen-bond acceptors (Lipinski definition) is 5. The highest BCUT2D eigenvalue weighted by Gasteiger charge is 2.37. The average molecular weight is 354 g/mol. The zero-order valence-corrected chi connectivity index (χ0v) is 15.2. The van der Waals surface area contributed by atoms with Gasteiger partial charge in [-0.3, -0.25) is 9.69 Å². The van der Waals surface area contributed by atoms with Gasteiger partial charge in [0, 0.05) is 17.8 Å². The molecule has 4 rings (SSSR count). The van der Waals surface area contributed by atoms with Crippen LogP contribution in [0.25, 0.3) is 0 Å². The molecule has 0 radical (unpaired) electrons. The van der Waals surface area contributed by atoms with Crippen molar-refractivity contribution in [2.45, 2.75) is 19.4 Å². The summed E-state index contributed by atoms with van der Waals surface area (Å²) in [6.07, 6.45) is 0.827. The second-order valence-electron chi connectivity index (χ2n) is 6.70. The quantitative estimate of drug-likeness (QED) is 0.918. The number of carbonyl (C=O) groups is 1. The fourth-order valence-electron chi connectivity index (χ4n) is 3.61. The van der Waals surface area contributed by atoms with Crippen molar-refractivity contribution in [3.63, 3.8) is 0 Å². The van der Waals surface area contributed by atoms with Crippen LogP contribution < -0.4 is 19.5 Å². The molecule has 2 aromatic rings. The molecular formula is C20H22N2O4. The smallest absolute Gasteiger partial charge is 0.246 e. The first-order valence-corrected chi connectivity index (χ1v) is 8.65. The second-order valence-corrected chi connectivity index (χ2v) is 6.70. The molecular weight excluding hydrogens is 332 g/mol. The molecule has 2 aliphatic rings. The lowest BCUT2D eigenvalue weighted by Crippen LogP contribution is -2.39. The number of nitrogens with one attached hydrogen (secondary N) is 1. The predicted molar refractivity (Wildman–Crippen MR) is 98.0 cm³/mol. The zero-order chi connectivity index (χ0) is 18.3. The highest BCUT2D eigenvalue weighted by Crippen LogP contribution is 2.49. The fraction of sp³-hybridized carbons (Fsp3) is 0.350. The first-order chi connectivity index (χ1) is 12.6. The molecule has 26 heavy (non-hydrogen) atoms. The molecule has 6 heteroatoms. The van der Waals surface area contributed by atoms with E-state index in [4.69, 9.17) is 14.2 Å². The van der Waals surface area contributed by atoms with Crippen LogP contribution in [-0.2, 0) is 11.2 Å². The van der Waals surface area contributed by atoms with Crippen LogP contribution >= 0.6 is 0 Å². The number of rotatable bonds is 3. The molecule has 0 aliphatic carbocycles. The van der Waals surface area contributed by atoms with Gasteiger partial charge in [-0.05, 0) is 44.2 Å². The molecule has 0 fully saturated rings. The van der Waals surface area contributed by atoms with Crippen LogP contribution in [0.2, 0.25) is 0 Å². The molecule has 0 saturated carbocycles. The summed E-state index contributed by atoms with van der Waals surface area (Å²) in [6, 6.07) is 9.30. The van der Waals surface area contributed by atoms with Gasteiger partial charge >= 0.3 is 0 Å². The molecule has 2 aromatic carbocycles. The SMILES string of the molecule is COc1c2c(cc3c1[C@H](C(=O)Nc1ccc(C)cc1)N(C)CC3)OCO2. The van der Waals surface area contributed by atoms with Crippen LogP contribution in [-0.4, -0.2) is 38.3 Å². The molecule has 6 nitrogen and oxygen atoms in total. The van der Waals surface area contributed by atoms with Gasteiger partial charge in [0.05, 0.1) is 7.11 Å². The maximum absolute atomic E-state index is 13.1. The van der Waals surface area contributed by atoms with Crippen LogP contribution in [0, 0.1) is 6.92 Å². The Bertz CT molecular complexity index is 848. The largest absolute Gasteiger partial charge is 0.492 e. The van der Waals surface area contributed by atoms with Gasteiger partial charge < -0.3 is 19.5 Å². The average Bonchev–Trinajstić information content (AvgIpc) is 3.10. The van der Waals surface area contributed by atoms with Gasteiger partial charge in [0.2, 0.25) is 18.4 Å². The number of anilines is 1. The molecule has 136 valence electrons. The number of likely N-dealkylation sites (N-methyl/N-ethyl adjacent to an activating group) is 1. The Morgan fingerprint density at radius 2 is 2.04 bits per heavy atom. The molecule has 1 N–H and O–H groups in total. The second kappa shape index (κ2) is 6.53. The van der Waals surface area contributed by atoms with E-state index >= 15 is 0 Å². The lowest BCUT2D eigenvalue weighted by Gasteiger charge is -2.34. The number of amides is 1.